The van der Waals surface area contributed by atoms with Crippen LogP contribution in [0.2, 0.25) is 0 Å². The van der Waals surface area contributed by atoms with Gasteiger partial charge in [-0.3, -0.25) is 4.79 Å². The van der Waals surface area contributed by atoms with Gasteiger partial charge in [0.25, 0.3) is 0 Å². The summed E-state index contributed by atoms with van der Waals surface area (Å²) in [5.41, 5.74) is 5.38. The summed E-state index contributed by atoms with van der Waals surface area (Å²) < 4.78 is 0.515. The molecule has 1 rings (SSSR count). The number of nitrogens with two attached hydrogens (primary N) is 1. The first-order valence-corrected chi connectivity index (χ1v) is 6.90. The molecule has 8 heteroatoms. The Hall–Kier alpha value is -2.09. The van der Waals surface area contributed by atoms with E-state index in [1.165, 1.54) is 12.1 Å². The van der Waals surface area contributed by atoms with Crippen LogP contribution in [0.5, 0.6) is 0 Å². The minimum Gasteiger partial charge on any atom is -0.478 e. The highest BCUT2D eigenvalue weighted by atomic mass is 79.9. The van der Waals surface area contributed by atoms with Crippen molar-refractivity contribution in [3.05, 3.63) is 28.2 Å². The molecule has 0 saturated carbocycles. The van der Waals surface area contributed by atoms with Gasteiger partial charge in [-0.25, -0.2) is 9.59 Å². The molecule has 0 aliphatic rings. The summed E-state index contributed by atoms with van der Waals surface area (Å²) in [6.45, 7) is 3.51. The zero-order chi connectivity index (χ0) is 16.2. The van der Waals surface area contributed by atoms with E-state index in [-0.39, 0.29) is 11.5 Å². The van der Waals surface area contributed by atoms with Crippen molar-refractivity contribution in [3.8, 4) is 0 Å². The number of hydrogen-bond donors (Lipinski definition) is 4. The van der Waals surface area contributed by atoms with Crippen LogP contribution >= 0.6 is 15.9 Å². The van der Waals surface area contributed by atoms with Crippen LogP contribution in [-0.4, -0.2) is 29.1 Å². The molecule has 1 aromatic carbocycles. The van der Waals surface area contributed by atoms with Gasteiger partial charge in [0.15, 0.2) is 0 Å². The Morgan fingerprint density at radius 2 is 1.86 bits per heavy atom. The van der Waals surface area contributed by atoms with E-state index in [1.807, 2.05) is 0 Å². The number of benzene rings is 1. The highest BCUT2D eigenvalue weighted by Gasteiger charge is 2.23. The third-order valence-corrected chi connectivity index (χ3v) is 3.12. The van der Waals surface area contributed by atoms with Crippen LogP contribution in [0.4, 0.5) is 10.5 Å². The van der Waals surface area contributed by atoms with E-state index in [4.69, 9.17) is 10.8 Å². The molecule has 0 bridgehead atoms. The fourth-order valence-electron chi connectivity index (χ4n) is 1.69. The molecule has 21 heavy (non-hydrogen) atoms. The average Bonchev–Trinajstić information content (AvgIpc) is 2.34. The molecular weight excluding hydrogens is 342 g/mol. The zero-order valence-electron chi connectivity index (χ0n) is 11.5. The highest BCUT2D eigenvalue weighted by molar-refractivity contribution is 9.10. The monoisotopic (exact) mass is 357 g/mol. The van der Waals surface area contributed by atoms with Crippen molar-refractivity contribution < 1.29 is 19.5 Å². The van der Waals surface area contributed by atoms with Gasteiger partial charge in [-0.2, -0.15) is 0 Å². The first-order chi connectivity index (χ1) is 9.70. The summed E-state index contributed by atoms with van der Waals surface area (Å²) in [6, 6.07) is 2.69. The molecule has 0 aromatic heterocycles. The number of carbonyl (C=O) groups is 3. The van der Waals surface area contributed by atoms with Crippen molar-refractivity contribution in [1.82, 2.24) is 5.32 Å². The van der Waals surface area contributed by atoms with Gasteiger partial charge in [-0.15, -0.1) is 0 Å². The number of carbonyl (C=O) groups excluding carboxylic acids is 2. The second kappa shape index (κ2) is 7.07. The lowest BCUT2D eigenvalue weighted by Gasteiger charge is -2.20. The Labute approximate surface area is 130 Å². The SMILES string of the molecule is CC(C)C(NC(N)=O)C(=O)Nc1cc(Br)cc(C(=O)O)c1. The maximum atomic E-state index is 12.1. The molecule has 114 valence electrons. The molecule has 0 fully saturated rings. The molecule has 0 radical (unpaired) electrons. The maximum absolute atomic E-state index is 12.1. The molecular formula is C13H16BrN3O4. The van der Waals surface area contributed by atoms with Gasteiger partial charge in [-0.05, 0) is 24.1 Å². The number of amides is 3. The molecule has 0 aliphatic heterocycles. The molecule has 3 amide bonds. The number of primary amides is 1. The van der Waals surface area contributed by atoms with E-state index in [0.29, 0.717) is 10.2 Å². The Kier molecular flexibility index (Phi) is 5.71. The summed E-state index contributed by atoms with van der Waals surface area (Å²) in [4.78, 5) is 34.0. The molecule has 0 aliphatic carbocycles. The Balaban J connectivity index is 2.95. The fourth-order valence-corrected chi connectivity index (χ4v) is 2.19. The number of anilines is 1. The minimum atomic E-state index is -1.11. The van der Waals surface area contributed by atoms with Crippen LogP contribution in [0.25, 0.3) is 0 Å². The summed E-state index contributed by atoms with van der Waals surface area (Å²) >= 11 is 3.17. The molecule has 0 saturated heterocycles. The van der Waals surface area contributed by atoms with Crippen LogP contribution in [-0.2, 0) is 4.79 Å². The fraction of sp³-hybridized carbons (Fsp3) is 0.308. The van der Waals surface area contributed by atoms with E-state index in [1.54, 1.807) is 19.9 Å². The van der Waals surface area contributed by atoms with Crippen LogP contribution in [0.15, 0.2) is 22.7 Å². The number of halogens is 1. The van der Waals surface area contributed by atoms with Crippen LogP contribution < -0.4 is 16.4 Å². The van der Waals surface area contributed by atoms with Crippen LogP contribution in [0, 0.1) is 5.92 Å². The third kappa shape index (κ3) is 5.07. The van der Waals surface area contributed by atoms with Crippen LogP contribution in [0.1, 0.15) is 24.2 Å². The average molecular weight is 358 g/mol. The second-order valence-corrected chi connectivity index (χ2v) is 5.67. The summed E-state index contributed by atoms with van der Waals surface area (Å²) in [7, 11) is 0. The number of carboxylic acid groups (broad SMARTS) is 1. The normalized spacial score (nSPS) is 11.8. The molecule has 1 unspecified atom stereocenters. The number of nitrogens with one attached hydrogen (secondary N) is 2. The molecule has 7 nitrogen and oxygen atoms in total. The molecule has 1 aromatic rings. The zero-order valence-corrected chi connectivity index (χ0v) is 13.1. The quantitative estimate of drug-likeness (QED) is 0.641. The van der Waals surface area contributed by atoms with E-state index < -0.39 is 23.9 Å². The van der Waals surface area contributed by atoms with Gasteiger partial charge >= 0.3 is 12.0 Å². The van der Waals surface area contributed by atoms with Crippen molar-refractivity contribution in [2.75, 3.05) is 5.32 Å². The van der Waals surface area contributed by atoms with Crippen molar-refractivity contribution in [2.45, 2.75) is 19.9 Å². The van der Waals surface area contributed by atoms with Gasteiger partial charge in [0.2, 0.25) is 5.91 Å². The van der Waals surface area contributed by atoms with Gasteiger partial charge in [0.1, 0.15) is 6.04 Å². The van der Waals surface area contributed by atoms with Crippen molar-refractivity contribution in [2.24, 2.45) is 11.7 Å². The van der Waals surface area contributed by atoms with E-state index >= 15 is 0 Å². The molecule has 0 heterocycles. The molecule has 0 spiro atoms. The first-order valence-electron chi connectivity index (χ1n) is 6.11. The number of urea groups is 1. The summed E-state index contributed by atoms with van der Waals surface area (Å²) in [6.07, 6.45) is 0. The lowest BCUT2D eigenvalue weighted by atomic mass is 10.0. The van der Waals surface area contributed by atoms with E-state index in [2.05, 4.69) is 26.6 Å². The van der Waals surface area contributed by atoms with Crippen molar-refractivity contribution in [1.29, 1.82) is 0 Å². The minimum absolute atomic E-state index is 0.0311. The largest absolute Gasteiger partial charge is 0.478 e. The number of hydrogen-bond acceptors (Lipinski definition) is 3. The second-order valence-electron chi connectivity index (χ2n) is 4.75. The van der Waals surface area contributed by atoms with Crippen molar-refractivity contribution in [3.63, 3.8) is 0 Å². The summed E-state index contributed by atoms with van der Waals surface area (Å²) in [5, 5.41) is 13.9. The van der Waals surface area contributed by atoms with E-state index in [0.717, 1.165) is 0 Å². The van der Waals surface area contributed by atoms with E-state index in [9.17, 15) is 14.4 Å². The molecule has 5 N–H and O–H groups in total. The number of rotatable bonds is 5. The number of carboxylic acids is 1. The predicted molar refractivity (Wildman–Crippen MR) is 81.1 cm³/mol. The van der Waals surface area contributed by atoms with Gasteiger partial charge in [0, 0.05) is 10.2 Å². The van der Waals surface area contributed by atoms with Gasteiger partial charge < -0.3 is 21.5 Å². The standard InChI is InChI=1S/C13H16BrN3O4/c1-6(2)10(17-13(15)21)11(18)16-9-4-7(12(19)20)3-8(14)5-9/h3-6,10H,1-2H3,(H,16,18)(H,19,20)(H3,15,17,21). The summed E-state index contributed by atoms with van der Waals surface area (Å²) in [5.74, 6) is -1.76. The Morgan fingerprint density at radius 1 is 1.24 bits per heavy atom. The van der Waals surface area contributed by atoms with Gasteiger partial charge in [0.05, 0.1) is 5.56 Å². The smallest absolute Gasteiger partial charge is 0.335 e. The predicted octanol–water partition coefficient (Wildman–Crippen LogP) is 1.78. The number of aromatic carboxylic acids is 1. The first kappa shape index (κ1) is 17.0. The van der Waals surface area contributed by atoms with Gasteiger partial charge in [-0.1, -0.05) is 29.8 Å². The van der Waals surface area contributed by atoms with Crippen LogP contribution in [0.3, 0.4) is 0 Å². The Morgan fingerprint density at radius 3 is 2.33 bits per heavy atom. The lowest BCUT2D eigenvalue weighted by Crippen LogP contribution is -2.49. The lowest BCUT2D eigenvalue weighted by molar-refractivity contribution is -0.118. The van der Waals surface area contributed by atoms with Crippen molar-refractivity contribution >= 4 is 39.5 Å². The topological polar surface area (TPSA) is 122 Å². The maximum Gasteiger partial charge on any atom is 0.335 e. The Bertz CT molecular complexity index is 575. The highest BCUT2D eigenvalue weighted by Crippen LogP contribution is 2.20. The third-order valence-electron chi connectivity index (χ3n) is 2.66. The molecule has 1 atom stereocenters.